The van der Waals surface area contributed by atoms with E-state index in [2.05, 4.69) is 20.4 Å². The van der Waals surface area contributed by atoms with Gasteiger partial charge >= 0.3 is 0 Å². The molecule has 0 bridgehead atoms. The maximum absolute atomic E-state index is 12.7. The van der Waals surface area contributed by atoms with Gasteiger partial charge in [0.15, 0.2) is 0 Å². The predicted octanol–water partition coefficient (Wildman–Crippen LogP) is 2.99. The van der Waals surface area contributed by atoms with Crippen LogP contribution in [0.5, 0.6) is 0 Å². The van der Waals surface area contributed by atoms with Crippen molar-refractivity contribution < 1.29 is 14.1 Å². The Balaban J connectivity index is 1.36. The Labute approximate surface area is 180 Å². The van der Waals surface area contributed by atoms with Gasteiger partial charge in [-0.15, -0.1) is 0 Å². The Bertz CT molecular complexity index is 1080. The number of hydrogen-bond acceptors (Lipinski definition) is 6. The second-order valence-electron chi connectivity index (χ2n) is 7.83. The topological polar surface area (TPSA) is 114 Å². The van der Waals surface area contributed by atoms with E-state index in [1.165, 1.54) is 0 Å². The van der Waals surface area contributed by atoms with Crippen molar-refractivity contribution in [3.8, 4) is 11.4 Å². The van der Waals surface area contributed by atoms with E-state index in [4.69, 9.17) is 10.3 Å². The van der Waals surface area contributed by atoms with Crippen LogP contribution in [0.3, 0.4) is 0 Å². The van der Waals surface area contributed by atoms with Crippen LogP contribution in [0.2, 0.25) is 0 Å². The van der Waals surface area contributed by atoms with Crippen molar-refractivity contribution >= 4 is 17.5 Å². The number of aromatic nitrogens is 2. The first kappa shape index (κ1) is 20.7. The third kappa shape index (κ3) is 4.97. The second-order valence-corrected chi connectivity index (χ2v) is 7.83. The second kappa shape index (κ2) is 9.09. The lowest BCUT2D eigenvalue weighted by Gasteiger charge is -2.30. The number of nitrogens with zero attached hydrogens (tertiary/aromatic N) is 3. The average molecular weight is 419 g/mol. The smallest absolute Gasteiger partial charge is 0.248 e. The first-order valence-electron chi connectivity index (χ1n) is 10.3. The zero-order valence-corrected chi connectivity index (χ0v) is 17.4. The van der Waals surface area contributed by atoms with Crippen LogP contribution in [0.25, 0.3) is 11.4 Å². The van der Waals surface area contributed by atoms with Gasteiger partial charge in [0.1, 0.15) is 0 Å². The molecule has 2 aromatic carbocycles. The quantitative estimate of drug-likeness (QED) is 0.635. The molecule has 31 heavy (non-hydrogen) atoms. The number of rotatable bonds is 6. The first-order valence-corrected chi connectivity index (χ1v) is 10.3. The minimum absolute atomic E-state index is 0.0392. The molecule has 3 aromatic rings. The summed E-state index contributed by atoms with van der Waals surface area (Å²) in [5, 5.41) is 7.04. The number of aryl methyl sites for hydroxylation is 1. The van der Waals surface area contributed by atoms with Crippen LogP contribution in [0.1, 0.15) is 34.7 Å². The van der Waals surface area contributed by atoms with Gasteiger partial charge in [-0.05, 0) is 56.1 Å². The van der Waals surface area contributed by atoms with Gasteiger partial charge in [-0.25, -0.2) is 0 Å². The minimum atomic E-state index is -0.493. The zero-order valence-electron chi connectivity index (χ0n) is 17.4. The van der Waals surface area contributed by atoms with E-state index in [1.54, 1.807) is 24.3 Å². The number of nitrogens with two attached hydrogens (primary N) is 1. The van der Waals surface area contributed by atoms with E-state index in [0.717, 1.165) is 30.5 Å². The Morgan fingerprint density at radius 3 is 2.71 bits per heavy atom. The number of nitrogens with one attached hydrogen (secondary N) is 1. The molecule has 1 aliphatic rings. The van der Waals surface area contributed by atoms with E-state index in [0.29, 0.717) is 36.1 Å². The number of hydrogen-bond donors (Lipinski definition) is 2. The molecule has 1 atom stereocenters. The maximum atomic E-state index is 12.7. The molecule has 0 saturated carbocycles. The van der Waals surface area contributed by atoms with Crippen molar-refractivity contribution in [2.45, 2.75) is 26.3 Å². The summed E-state index contributed by atoms with van der Waals surface area (Å²) >= 11 is 0. The third-order valence-electron chi connectivity index (χ3n) is 5.53. The highest BCUT2D eigenvalue weighted by Crippen LogP contribution is 2.23. The van der Waals surface area contributed by atoms with Crippen molar-refractivity contribution in [2.75, 3.05) is 18.4 Å². The van der Waals surface area contributed by atoms with Gasteiger partial charge in [-0.2, -0.15) is 4.98 Å². The number of anilines is 1. The van der Waals surface area contributed by atoms with E-state index < -0.39 is 5.91 Å². The van der Waals surface area contributed by atoms with E-state index in [-0.39, 0.29) is 11.8 Å². The standard InChI is InChI=1S/C23H25N5O3/c1-15-5-2-3-7-19(15)22-26-20(31-27-22)14-28-12-4-6-17(13-28)23(30)25-18-10-8-16(9-11-18)21(24)29/h2-3,5,7-11,17H,4,6,12-14H2,1H3,(H2,24,29)(H,25,30). The fourth-order valence-corrected chi connectivity index (χ4v) is 3.82. The van der Waals surface area contributed by atoms with Crippen LogP contribution >= 0.6 is 0 Å². The number of carbonyl (C=O) groups is 2. The molecule has 1 unspecified atom stereocenters. The van der Waals surface area contributed by atoms with E-state index >= 15 is 0 Å². The monoisotopic (exact) mass is 419 g/mol. The van der Waals surface area contributed by atoms with Crippen molar-refractivity contribution in [1.82, 2.24) is 15.0 Å². The molecule has 2 amide bonds. The number of benzene rings is 2. The van der Waals surface area contributed by atoms with Gasteiger partial charge in [-0.3, -0.25) is 14.5 Å². The van der Waals surface area contributed by atoms with Crippen molar-refractivity contribution in [1.29, 1.82) is 0 Å². The largest absolute Gasteiger partial charge is 0.366 e. The molecule has 1 saturated heterocycles. The van der Waals surface area contributed by atoms with Crippen LogP contribution in [-0.4, -0.2) is 39.9 Å². The number of carbonyl (C=O) groups excluding carboxylic acids is 2. The van der Waals surface area contributed by atoms with Gasteiger partial charge in [0.05, 0.1) is 12.5 Å². The molecule has 0 aliphatic carbocycles. The molecule has 1 aliphatic heterocycles. The molecule has 3 N–H and O–H groups in total. The van der Waals surface area contributed by atoms with Crippen LogP contribution in [0.4, 0.5) is 5.69 Å². The number of piperidine rings is 1. The summed E-state index contributed by atoms with van der Waals surface area (Å²) < 4.78 is 5.46. The van der Waals surface area contributed by atoms with Crippen LogP contribution in [0, 0.1) is 12.8 Å². The van der Waals surface area contributed by atoms with E-state index in [9.17, 15) is 9.59 Å². The molecule has 0 spiro atoms. The third-order valence-corrected chi connectivity index (χ3v) is 5.53. The SMILES string of the molecule is Cc1ccccc1-c1noc(CN2CCCC(C(=O)Nc3ccc(C(N)=O)cc3)C2)n1. The highest BCUT2D eigenvalue weighted by molar-refractivity contribution is 5.95. The molecule has 4 rings (SSSR count). The van der Waals surface area contributed by atoms with Gasteiger partial charge in [0.25, 0.3) is 0 Å². The van der Waals surface area contributed by atoms with Crippen molar-refractivity contribution in [3.63, 3.8) is 0 Å². The molecular weight excluding hydrogens is 394 g/mol. The Kier molecular flexibility index (Phi) is 6.08. The zero-order chi connectivity index (χ0) is 21.8. The number of amides is 2. The van der Waals surface area contributed by atoms with Crippen LogP contribution in [0.15, 0.2) is 53.1 Å². The van der Waals surface area contributed by atoms with Crippen LogP contribution < -0.4 is 11.1 Å². The first-order chi connectivity index (χ1) is 15.0. The Morgan fingerprint density at radius 1 is 1.19 bits per heavy atom. The number of likely N-dealkylation sites (tertiary alicyclic amines) is 1. The molecule has 160 valence electrons. The van der Waals surface area contributed by atoms with Gasteiger partial charge in [0.2, 0.25) is 23.5 Å². The molecular formula is C23H25N5O3. The summed E-state index contributed by atoms with van der Waals surface area (Å²) in [5.41, 5.74) is 8.35. The Morgan fingerprint density at radius 2 is 1.97 bits per heavy atom. The van der Waals surface area contributed by atoms with Gasteiger partial charge in [-0.1, -0.05) is 29.4 Å². The normalized spacial score (nSPS) is 16.7. The summed E-state index contributed by atoms with van der Waals surface area (Å²) in [4.78, 5) is 30.6. The fourth-order valence-electron chi connectivity index (χ4n) is 3.82. The van der Waals surface area contributed by atoms with Gasteiger partial charge < -0.3 is 15.6 Å². The minimum Gasteiger partial charge on any atom is -0.366 e. The summed E-state index contributed by atoms with van der Waals surface area (Å²) in [5.74, 6) is 0.457. The predicted molar refractivity (Wildman–Crippen MR) is 116 cm³/mol. The van der Waals surface area contributed by atoms with Crippen LogP contribution in [-0.2, 0) is 11.3 Å². The molecule has 0 radical (unpaired) electrons. The van der Waals surface area contributed by atoms with Crippen molar-refractivity contribution in [2.24, 2.45) is 11.7 Å². The highest BCUT2D eigenvalue weighted by Gasteiger charge is 2.27. The van der Waals surface area contributed by atoms with E-state index in [1.807, 2.05) is 31.2 Å². The lowest BCUT2D eigenvalue weighted by Crippen LogP contribution is -2.40. The lowest BCUT2D eigenvalue weighted by molar-refractivity contribution is -0.121. The Hall–Kier alpha value is -3.52. The number of primary amides is 1. The molecule has 1 fully saturated rings. The fraction of sp³-hybridized carbons (Fsp3) is 0.304. The molecule has 2 heterocycles. The average Bonchev–Trinajstić information content (AvgIpc) is 3.22. The summed E-state index contributed by atoms with van der Waals surface area (Å²) in [6.07, 6.45) is 1.73. The van der Waals surface area contributed by atoms with Gasteiger partial charge in [0, 0.05) is 23.4 Å². The molecule has 8 heteroatoms. The summed E-state index contributed by atoms with van der Waals surface area (Å²) in [7, 11) is 0. The molecule has 1 aromatic heterocycles. The lowest BCUT2D eigenvalue weighted by atomic mass is 9.97. The summed E-state index contributed by atoms with van der Waals surface area (Å²) in [6, 6.07) is 14.5. The summed E-state index contributed by atoms with van der Waals surface area (Å²) in [6.45, 7) is 4.02. The highest BCUT2D eigenvalue weighted by atomic mass is 16.5. The molecule has 8 nitrogen and oxygen atoms in total. The van der Waals surface area contributed by atoms with Crippen molar-refractivity contribution in [3.05, 3.63) is 65.5 Å². The maximum Gasteiger partial charge on any atom is 0.248 e.